The first-order valence-corrected chi connectivity index (χ1v) is 9.58. The van der Waals surface area contributed by atoms with Crippen LogP contribution in [0.25, 0.3) is 0 Å². The summed E-state index contributed by atoms with van der Waals surface area (Å²) in [6.45, 7) is 5.26. The Morgan fingerprint density at radius 1 is 1.41 bits per heavy atom. The molecule has 1 fully saturated rings. The molecular formula is C21H25FN2O3. The Hall–Kier alpha value is -2.18. The molecule has 144 valence electrons. The molecule has 4 rings (SSSR count). The number of ether oxygens (including phenoxy) is 1. The Morgan fingerprint density at radius 3 is 3.07 bits per heavy atom. The number of aryl methyl sites for hydroxylation is 1. The number of benzene rings is 1. The minimum atomic E-state index is -0.224. The number of hydrogen-bond donors (Lipinski definition) is 1. The van der Waals surface area contributed by atoms with Crippen LogP contribution >= 0.6 is 0 Å². The molecule has 27 heavy (non-hydrogen) atoms. The molecule has 1 N–H and O–H groups in total. The van der Waals surface area contributed by atoms with Gasteiger partial charge in [0, 0.05) is 44.8 Å². The molecule has 1 saturated heterocycles. The zero-order chi connectivity index (χ0) is 18.8. The SMILES string of the molecule is Cc1oc2c(c1C(=O)NC[C@@H]1CCCO1)CN(Cc1cccc(F)c1)CC2. The topological polar surface area (TPSA) is 54.7 Å². The first-order valence-electron chi connectivity index (χ1n) is 9.58. The van der Waals surface area contributed by atoms with Crippen LogP contribution in [0.2, 0.25) is 0 Å². The van der Waals surface area contributed by atoms with Gasteiger partial charge in [0.25, 0.3) is 5.91 Å². The summed E-state index contributed by atoms with van der Waals surface area (Å²) in [5.74, 6) is 1.24. The van der Waals surface area contributed by atoms with Gasteiger partial charge in [-0.1, -0.05) is 12.1 Å². The number of nitrogens with zero attached hydrogens (tertiary/aromatic N) is 1. The molecule has 0 spiro atoms. The zero-order valence-corrected chi connectivity index (χ0v) is 15.6. The molecule has 1 amide bonds. The van der Waals surface area contributed by atoms with Crippen LogP contribution in [0.5, 0.6) is 0 Å². The van der Waals surface area contributed by atoms with Crippen molar-refractivity contribution >= 4 is 5.91 Å². The quantitative estimate of drug-likeness (QED) is 0.876. The molecule has 3 heterocycles. The molecule has 1 atom stereocenters. The van der Waals surface area contributed by atoms with E-state index in [2.05, 4.69) is 10.2 Å². The fraction of sp³-hybridized carbons (Fsp3) is 0.476. The maximum atomic E-state index is 13.4. The molecule has 2 aliphatic rings. The Morgan fingerprint density at radius 2 is 2.30 bits per heavy atom. The average molecular weight is 372 g/mol. The second-order valence-electron chi connectivity index (χ2n) is 7.37. The van der Waals surface area contributed by atoms with Crippen LogP contribution in [0.4, 0.5) is 4.39 Å². The smallest absolute Gasteiger partial charge is 0.255 e. The maximum Gasteiger partial charge on any atom is 0.255 e. The lowest BCUT2D eigenvalue weighted by Crippen LogP contribution is -2.34. The third-order valence-electron chi connectivity index (χ3n) is 5.34. The summed E-state index contributed by atoms with van der Waals surface area (Å²) in [5, 5.41) is 3.00. The molecule has 6 heteroatoms. The van der Waals surface area contributed by atoms with Crippen molar-refractivity contribution in [3.63, 3.8) is 0 Å². The predicted octanol–water partition coefficient (Wildman–Crippen LogP) is 3.19. The van der Waals surface area contributed by atoms with Gasteiger partial charge in [-0.3, -0.25) is 9.69 Å². The lowest BCUT2D eigenvalue weighted by molar-refractivity contribution is 0.0855. The maximum absolute atomic E-state index is 13.4. The van der Waals surface area contributed by atoms with Crippen LogP contribution < -0.4 is 5.32 Å². The van der Waals surface area contributed by atoms with E-state index in [0.717, 1.165) is 49.3 Å². The molecule has 0 saturated carbocycles. The number of furan rings is 1. The molecule has 0 bridgehead atoms. The van der Waals surface area contributed by atoms with Crippen molar-refractivity contribution in [2.75, 3.05) is 19.7 Å². The lowest BCUT2D eigenvalue weighted by atomic mass is 10.0. The van der Waals surface area contributed by atoms with Gasteiger partial charge in [-0.2, -0.15) is 0 Å². The summed E-state index contributed by atoms with van der Waals surface area (Å²) in [5.41, 5.74) is 2.54. The average Bonchev–Trinajstić information content (AvgIpc) is 3.26. The highest BCUT2D eigenvalue weighted by Crippen LogP contribution is 2.29. The number of carbonyl (C=O) groups excluding carboxylic acids is 1. The summed E-state index contributed by atoms with van der Waals surface area (Å²) in [6, 6.07) is 6.67. The molecule has 0 aliphatic carbocycles. The summed E-state index contributed by atoms with van der Waals surface area (Å²) >= 11 is 0. The monoisotopic (exact) mass is 372 g/mol. The van der Waals surface area contributed by atoms with Crippen molar-refractivity contribution in [1.82, 2.24) is 10.2 Å². The van der Waals surface area contributed by atoms with Crippen molar-refractivity contribution in [3.8, 4) is 0 Å². The van der Waals surface area contributed by atoms with Gasteiger partial charge >= 0.3 is 0 Å². The second kappa shape index (κ2) is 7.82. The minimum absolute atomic E-state index is 0.0967. The van der Waals surface area contributed by atoms with E-state index in [-0.39, 0.29) is 17.8 Å². The van der Waals surface area contributed by atoms with Crippen LogP contribution in [0.1, 0.15) is 45.8 Å². The van der Waals surface area contributed by atoms with Gasteiger partial charge in [0.1, 0.15) is 17.3 Å². The van der Waals surface area contributed by atoms with Gasteiger partial charge in [-0.25, -0.2) is 4.39 Å². The Balaban J connectivity index is 1.46. The molecule has 2 aliphatic heterocycles. The highest BCUT2D eigenvalue weighted by atomic mass is 19.1. The molecule has 1 aromatic carbocycles. The number of carbonyl (C=O) groups is 1. The molecule has 1 aromatic heterocycles. The lowest BCUT2D eigenvalue weighted by Gasteiger charge is -2.26. The standard InChI is InChI=1S/C21H25FN2O3/c1-14-20(21(25)23-11-17-6-3-9-26-17)18-13-24(8-7-19(18)27-14)12-15-4-2-5-16(22)10-15/h2,4-5,10,17H,3,6-9,11-13H2,1H3,(H,23,25)/t17-/m0/s1. The van der Waals surface area contributed by atoms with E-state index in [1.165, 1.54) is 6.07 Å². The van der Waals surface area contributed by atoms with E-state index in [4.69, 9.17) is 9.15 Å². The van der Waals surface area contributed by atoms with E-state index in [0.29, 0.717) is 31.0 Å². The number of rotatable bonds is 5. The molecule has 5 nitrogen and oxygen atoms in total. The van der Waals surface area contributed by atoms with Crippen molar-refractivity contribution in [2.45, 2.75) is 45.4 Å². The number of halogens is 1. The van der Waals surface area contributed by atoms with E-state index in [1.54, 1.807) is 12.1 Å². The van der Waals surface area contributed by atoms with Gasteiger partial charge in [-0.05, 0) is 37.5 Å². The van der Waals surface area contributed by atoms with Crippen LogP contribution in [0, 0.1) is 12.7 Å². The number of nitrogens with one attached hydrogen (secondary N) is 1. The number of hydrogen-bond acceptors (Lipinski definition) is 4. The van der Waals surface area contributed by atoms with E-state index in [1.807, 2.05) is 13.0 Å². The summed E-state index contributed by atoms with van der Waals surface area (Å²) in [7, 11) is 0. The minimum Gasteiger partial charge on any atom is -0.465 e. The van der Waals surface area contributed by atoms with E-state index >= 15 is 0 Å². The molecule has 0 radical (unpaired) electrons. The normalized spacial score (nSPS) is 19.9. The van der Waals surface area contributed by atoms with Crippen LogP contribution in [-0.2, 0) is 24.2 Å². The second-order valence-corrected chi connectivity index (χ2v) is 7.37. The predicted molar refractivity (Wildman–Crippen MR) is 99.0 cm³/mol. The third-order valence-corrected chi connectivity index (χ3v) is 5.34. The Bertz CT molecular complexity index is 827. The van der Waals surface area contributed by atoms with E-state index in [9.17, 15) is 9.18 Å². The largest absolute Gasteiger partial charge is 0.465 e. The van der Waals surface area contributed by atoms with Gasteiger partial charge < -0.3 is 14.5 Å². The molecule has 0 unspecified atom stereocenters. The van der Waals surface area contributed by atoms with E-state index < -0.39 is 0 Å². The van der Waals surface area contributed by atoms with Gasteiger partial charge in [0.15, 0.2) is 0 Å². The van der Waals surface area contributed by atoms with Crippen molar-refractivity contribution < 1.29 is 18.3 Å². The fourth-order valence-electron chi connectivity index (χ4n) is 4.01. The molecule has 2 aromatic rings. The van der Waals surface area contributed by atoms with Crippen molar-refractivity contribution in [3.05, 3.63) is 58.3 Å². The Kier molecular flexibility index (Phi) is 5.27. The van der Waals surface area contributed by atoms with Crippen molar-refractivity contribution in [2.24, 2.45) is 0 Å². The Labute approximate surface area is 158 Å². The highest BCUT2D eigenvalue weighted by Gasteiger charge is 2.29. The first kappa shape index (κ1) is 18.2. The summed E-state index contributed by atoms with van der Waals surface area (Å²) < 4.78 is 24.9. The first-order chi connectivity index (χ1) is 13.1. The highest BCUT2D eigenvalue weighted by molar-refractivity contribution is 5.97. The van der Waals surface area contributed by atoms with Gasteiger partial charge in [-0.15, -0.1) is 0 Å². The summed E-state index contributed by atoms with van der Waals surface area (Å²) in [4.78, 5) is 15.0. The fourth-order valence-corrected chi connectivity index (χ4v) is 4.01. The summed E-state index contributed by atoms with van der Waals surface area (Å²) in [6.07, 6.45) is 2.91. The molecular weight excluding hydrogens is 347 g/mol. The third kappa shape index (κ3) is 4.06. The van der Waals surface area contributed by atoms with Gasteiger partial charge in [0.05, 0.1) is 11.7 Å². The van der Waals surface area contributed by atoms with Crippen LogP contribution in [0.15, 0.2) is 28.7 Å². The zero-order valence-electron chi connectivity index (χ0n) is 15.6. The number of fused-ring (bicyclic) bond motifs is 1. The number of amides is 1. The van der Waals surface area contributed by atoms with Crippen LogP contribution in [-0.4, -0.2) is 36.6 Å². The van der Waals surface area contributed by atoms with Crippen LogP contribution in [0.3, 0.4) is 0 Å². The van der Waals surface area contributed by atoms with Gasteiger partial charge in [0.2, 0.25) is 0 Å². The van der Waals surface area contributed by atoms with Crippen molar-refractivity contribution in [1.29, 1.82) is 0 Å².